The summed E-state index contributed by atoms with van der Waals surface area (Å²) in [6.07, 6.45) is 39.6. The van der Waals surface area contributed by atoms with Crippen LogP contribution >= 0.6 is 0 Å². The Morgan fingerprint density at radius 3 is 0.556 bits per heavy atom. The van der Waals surface area contributed by atoms with E-state index in [1.54, 1.807) is 0 Å². The van der Waals surface area contributed by atoms with Crippen LogP contribution in [-0.2, 0) is 111 Å². The highest BCUT2D eigenvalue weighted by Crippen LogP contribution is 2.60. The van der Waals surface area contributed by atoms with Crippen LogP contribution in [-0.4, -0.2) is 224 Å². The Labute approximate surface area is 759 Å². The first kappa shape index (κ1) is 92.8. The lowest BCUT2D eigenvalue weighted by molar-refractivity contribution is -0.102. The smallest absolute Gasteiger partial charge is 0.416 e. The highest BCUT2D eigenvalue weighted by molar-refractivity contribution is 7.07. The standard InChI is InChI=1S/C82H156O26Si16/c1-109(2,41-34-60-18-26-69-76(50-60)83-69)90-117-58-118(91-110(3,4)42-35-61-19-27-70-77(51-61)84-70)100-120(93-112(7,8)44-36-62-20-28-71-78(52-62)85-71)102-119(98-117,92-111(5,6)43-33-59-17-25-67-57-68(67)49-59)104-123(96-115(13,14)47-39-65-23-31-74-81(55-65)88-74)106-121(99-117,94-113(9,10)45-37-63-21-29-72-79(53-63)86-72)103-122(101-118,95-114(11,12)46-38-64-22-30-73-80(54-64)87-73)107-124(105-120,108-123)97-116(15,16)48-40-66-24-32-75-82(56-66)89-75/h59-82H,17-58H2,1-16H3. The van der Waals surface area contributed by atoms with Crippen molar-refractivity contribution in [1.82, 2.24) is 0 Å². The van der Waals surface area contributed by atoms with Gasteiger partial charge in [0.05, 0.1) is 91.1 Å². The predicted octanol–water partition coefficient (Wildman–Crippen LogP) is 18.6. The maximum Gasteiger partial charge on any atom is 0.651 e. The molecule has 26 nitrogen and oxygen atoms in total. The van der Waals surface area contributed by atoms with Gasteiger partial charge in [-0.2, -0.15) is 0 Å². The van der Waals surface area contributed by atoms with Crippen molar-refractivity contribution in [3.05, 3.63) is 0 Å². The Bertz CT molecular complexity index is 3050. The minimum atomic E-state index is -5.46. The van der Waals surface area contributed by atoms with Crippen LogP contribution < -0.4 is 0 Å². The molecule has 22 rings (SSSR count). The minimum Gasteiger partial charge on any atom is -0.416 e. The zero-order chi connectivity index (χ0) is 85.9. The Hall–Kier alpha value is 2.43. The third kappa shape index (κ3) is 22.5. The predicted molar refractivity (Wildman–Crippen MR) is 498 cm³/mol. The molecule has 0 spiro atoms. The van der Waals surface area contributed by atoms with Gasteiger partial charge >= 0.3 is 71.9 Å². The van der Waals surface area contributed by atoms with Gasteiger partial charge in [0.25, 0.3) is 0 Å². The number of hydrogen-bond acceptors (Lipinski definition) is 26. The summed E-state index contributed by atoms with van der Waals surface area (Å²) in [7, 11) is -68.4. The van der Waals surface area contributed by atoms with Crippen LogP contribution in [0.1, 0.15) is 212 Å². The Kier molecular flexibility index (Phi) is 25.6. The van der Waals surface area contributed by atoms with Crippen molar-refractivity contribution in [2.24, 2.45) is 59.2 Å². The Balaban J connectivity index is 0.769. The molecular weight excluding hydrogens is 1850 g/mol. The molecule has 704 valence electrons. The second kappa shape index (κ2) is 34.2. The number of rotatable bonds is 40. The molecule has 13 heterocycles. The molecule has 0 amide bonds. The third-order valence-corrected chi connectivity index (χ3v) is 97.8. The molecule has 0 aromatic carbocycles. The van der Waals surface area contributed by atoms with E-state index in [2.05, 4.69) is 105 Å². The lowest BCUT2D eigenvalue weighted by Crippen LogP contribution is -2.92. The average Bonchev–Trinajstić information content (AvgIpc) is 1.37. The summed E-state index contributed by atoms with van der Waals surface area (Å²) in [6, 6.07) is 6.02. The van der Waals surface area contributed by atoms with E-state index in [-0.39, 0.29) is 5.67 Å². The molecule has 13 aliphatic heterocycles. The normalized spacial score (nSPS) is 47.6. The first-order valence-electron chi connectivity index (χ1n) is 50.4. The van der Waals surface area contributed by atoms with Gasteiger partial charge in [-0.15, -0.1) is 0 Å². The molecule has 22 aliphatic rings. The third-order valence-electron chi connectivity index (χ3n) is 33.3. The maximum atomic E-state index is 8.95. The van der Waals surface area contributed by atoms with Gasteiger partial charge in [0, 0.05) is 0 Å². The molecule has 0 aromatic heterocycles. The maximum absolute atomic E-state index is 8.95. The van der Waals surface area contributed by atoms with Crippen molar-refractivity contribution >= 4 is 138 Å². The number of hydrogen-bond donors (Lipinski definition) is 0. The summed E-state index contributed by atoms with van der Waals surface area (Å²) in [4.78, 5) is 0. The van der Waals surface area contributed by atoms with Crippen molar-refractivity contribution in [2.45, 2.75) is 456 Å². The van der Waals surface area contributed by atoms with E-state index >= 15 is 0 Å². The topological polar surface area (TPSA) is 263 Å². The molecule has 9 aliphatic carbocycles. The zero-order valence-electron chi connectivity index (χ0n) is 78.2. The van der Waals surface area contributed by atoms with E-state index in [1.165, 1.54) is 25.7 Å². The second-order valence-electron chi connectivity index (χ2n) is 48.5. The molecule has 8 bridgehead atoms. The van der Waals surface area contributed by atoms with Gasteiger partial charge in [-0.3, -0.25) is 0 Å². The molecule has 0 radical (unpaired) electrons. The van der Waals surface area contributed by atoms with Crippen molar-refractivity contribution in [1.29, 1.82) is 0 Å². The van der Waals surface area contributed by atoms with Crippen molar-refractivity contribution < 1.29 is 111 Å². The second-order valence-corrected chi connectivity index (χ2v) is 106. The molecule has 22 fully saturated rings. The van der Waals surface area contributed by atoms with Crippen LogP contribution in [0.3, 0.4) is 0 Å². The van der Waals surface area contributed by atoms with Crippen LogP contribution in [0.2, 0.25) is 159 Å². The fourth-order valence-electron chi connectivity index (χ4n) is 25.3. The lowest BCUT2D eigenvalue weighted by Gasteiger charge is -2.62. The van der Waals surface area contributed by atoms with Crippen molar-refractivity contribution in [3.63, 3.8) is 0 Å². The van der Waals surface area contributed by atoms with Gasteiger partial charge < -0.3 is 111 Å². The summed E-state index contributed by atoms with van der Waals surface area (Å²) in [5.74, 6) is 5.30. The fourth-order valence-corrected chi connectivity index (χ4v) is 106. The first-order valence-corrected chi connectivity index (χ1v) is 89.0. The summed E-state index contributed by atoms with van der Waals surface area (Å²) in [5, 5.41) is 0. The van der Waals surface area contributed by atoms with E-state index in [4.69, 9.17) is 111 Å². The largest absolute Gasteiger partial charge is 0.651 e. The number of fused-ring (bicyclic) bond motifs is 8. The first-order chi connectivity index (χ1) is 58.5. The lowest BCUT2D eigenvalue weighted by atomic mass is 9.87. The van der Waals surface area contributed by atoms with Crippen LogP contribution in [0.25, 0.3) is 0 Å². The van der Waals surface area contributed by atoms with Gasteiger partial charge in [-0.25, -0.2) is 0 Å². The van der Waals surface area contributed by atoms with Gasteiger partial charge in [0.15, 0.2) is 66.5 Å². The average molecular weight is 2010 g/mol. The highest BCUT2D eigenvalue weighted by atomic mass is 28.7. The SMILES string of the molecule is C[Si](C)(CCC1CCC2OC2C1)O[Si]12C[Si]3(O[Si](C)(C)CCC4CCC5OC5C4)O[Si]4(O[Si](C)(C)CCC5CCC6OC6C5)O[Si](O[Si](C)(C)CCC5CCC6CC6C5)(O1)O[Si]1(O[Si](C)(C)CCC5CCC6OC6C5)O[Si](O[Si](C)(C)CCC5CCC6OC6C5)(O2)O[Si](O[Si](C)(C)CCC2CCC5OC5C2)(O3)O[Si](O[Si](C)(C)CCC2CCC3OC3C2)(O4)O1. The summed E-state index contributed by atoms with van der Waals surface area (Å²) >= 11 is 0. The zero-order valence-corrected chi connectivity index (χ0v) is 94.2. The number of epoxide rings is 7. The van der Waals surface area contributed by atoms with Crippen LogP contribution in [0.4, 0.5) is 0 Å². The van der Waals surface area contributed by atoms with Crippen LogP contribution in [0.5, 0.6) is 0 Å². The molecule has 124 heavy (non-hydrogen) atoms. The van der Waals surface area contributed by atoms with Gasteiger partial charge in [-0.05, 0) is 366 Å². The van der Waals surface area contributed by atoms with E-state index in [9.17, 15) is 0 Å². The Morgan fingerprint density at radius 2 is 0.363 bits per heavy atom. The van der Waals surface area contributed by atoms with E-state index in [1.807, 2.05) is 0 Å². The van der Waals surface area contributed by atoms with Crippen molar-refractivity contribution in [2.75, 3.05) is 0 Å². The molecular formula is C82H156O26Si16. The molecule has 0 aromatic rings. The minimum absolute atomic E-state index is 0.141. The fraction of sp³-hybridized carbons (Fsp3) is 1.00. The Morgan fingerprint density at radius 1 is 0.185 bits per heavy atom. The van der Waals surface area contributed by atoms with E-state index in [0.717, 1.165) is 246 Å². The molecule has 13 saturated heterocycles. The molecule has 42 heteroatoms. The highest BCUT2D eigenvalue weighted by Gasteiger charge is 2.92. The summed E-state index contributed by atoms with van der Waals surface area (Å²) < 4.78 is 210. The quantitative estimate of drug-likeness (QED) is 0.0407. The van der Waals surface area contributed by atoms with Crippen LogP contribution in [0, 0.1) is 59.2 Å². The monoisotopic (exact) mass is 2000 g/mol. The van der Waals surface area contributed by atoms with Gasteiger partial charge in [-0.1, -0.05) is 57.8 Å². The van der Waals surface area contributed by atoms with Gasteiger partial charge in [0.1, 0.15) is 0 Å². The molecule has 9 saturated carbocycles. The van der Waals surface area contributed by atoms with Crippen molar-refractivity contribution in [3.8, 4) is 0 Å². The van der Waals surface area contributed by atoms with Crippen LogP contribution in [0.15, 0.2) is 0 Å². The summed E-state index contributed by atoms with van der Waals surface area (Å²) in [5.41, 5.74) is -0.141. The molecule has 32 atom stereocenters. The molecule has 32 unspecified atom stereocenters. The molecule has 0 N–H and O–H groups in total. The van der Waals surface area contributed by atoms with Gasteiger partial charge in [0.2, 0.25) is 0 Å². The van der Waals surface area contributed by atoms with E-state index < -0.39 is 138 Å². The van der Waals surface area contributed by atoms with E-state index in [0.29, 0.717) is 133 Å². The number of ether oxygens (including phenoxy) is 7. The summed E-state index contributed by atoms with van der Waals surface area (Å²) in [6.45, 7) is 37.0.